The lowest BCUT2D eigenvalue weighted by molar-refractivity contribution is 0.534. The van der Waals surface area contributed by atoms with Crippen molar-refractivity contribution in [1.82, 2.24) is 132 Å². The minimum absolute atomic E-state index is 0.157. The van der Waals surface area contributed by atoms with Crippen LogP contribution in [-0.2, 0) is 26.7 Å². The smallest absolute Gasteiger partial charge is 0.264 e. The Kier molecular flexibility index (Phi) is 40.2. The van der Waals surface area contributed by atoms with Crippen molar-refractivity contribution in [1.29, 1.82) is 0 Å². The lowest BCUT2D eigenvalue weighted by Crippen LogP contribution is -2.35. The number of guanidine groups is 2. The molecule has 14 rings (SSSR count). The molecule has 2 aliphatic rings. The molecule has 0 radical (unpaired) electrons. The maximum absolute atomic E-state index is 10.3. The maximum atomic E-state index is 10.3. The van der Waals surface area contributed by atoms with Crippen molar-refractivity contribution in [2.45, 2.75) is 95.8 Å². The minimum atomic E-state index is -0.157. The Labute approximate surface area is 577 Å². The molecule has 524 valence electrons. The van der Waals surface area contributed by atoms with Crippen LogP contribution in [0.5, 0.6) is 0 Å². The summed E-state index contributed by atoms with van der Waals surface area (Å²) in [7, 11) is 4.00. The lowest BCUT2D eigenvalue weighted by atomic mass is 10.1. The number of aliphatic imine (C=N–C) groups is 2. The van der Waals surface area contributed by atoms with Gasteiger partial charge in [-0.2, -0.15) is 35.8 Å². The summed E-state index contributed by atoms with van der Waals surface area (Å²) < 4.78 is 1.89. The Morgan fingerprint density at radius 2 is 1.31 bits per heavy atom. The van der Waals surface area contributed by atoms with Gasteiger partial charge >= 0.3 is 0 Å². The molecule has 10 aromatic heterocycles. The van der Waals surface area contributed by atoms with Crippen molar-refractivity contribution in [3.63, 3.8) is 0 Å². The monoisotopic (exact) mass is 1350 g/mol. The fourth-order valence-corrected chi connectivity index (χ4v) is 7.03. The van der Waals surface area contributed by atoms with Crippen LogP contribution in [-0.4, -0.2) is 161 Å². The lowest BCUT2D eigenvalue weighted by Gasteiger charge is -2.15. The number of aromatic amines is 5. The number of imidazole rings is 4. The van der Waals surface area contributed by atoms with E-state index >= 15 is 0 Å². The van der Waals surface area contributed by atoms with Gasteiger partial charge in [0.1, 0.15) is 18.0 Å². The van der Waals surface area contributed by atoms with E-state index in [0.717, 1.165) is 102 Å². The number of nitrogens with zero attached hydrogens (tertiary/aromatic N) is 20. The number of nitrogen functional groups attached to an aromatic ring is 2. The van der Waals surface area contributed by atoms with E-state index in [1.54, 1.807) is 87.5 Å². The van der Waals surface area contributed by atoms with Crippen LogP contribution in [0.3, 0.4) is 0 Å². The van der Waals surface area contributed by atoms with Gasteiger partial charge in [-0.1, -0.05) is 53.7 Å². The third-order valence-corrected chi connectivity index (χ3v) is 12.5. The van der Waals surface area contributed by atoms with E-state index in [2.05, 4.69) is 207 Å². The summed E-state index contributed by atoms with van der Waals surface area (Å²) in [4.78, 5) is 52.6. The van der Waals surface area contributed by atoms with Crippen LogP contribution in [0.25, 0.3) is 0 Å². The van der Waals surface area contributed by atoms with Crippen LogP contribution in [0.1, 0.15) is 79.2 Å². The van der Waals surface area contributed by atoms with Gasteiger partial charge in [-0.05, 0) is 140 Å². The van der Waals surface area contributed by atoms with Gasteiger partial charge in [0.05, 0.1) is 49.0 Å². The molecule has 32 nitrogen and oxygen atoms in total. The van der Waals surface area contributed by atoms with Gasteiger partial charge in [0.15, 0.2) is 23.7 Å². The van der Waals surface area contributed by atoms with Gasteiger partial charge in [0, 0.05) is 131 Å². The molecule has 14 N–H and O–H groups in total. The highest BCUT2D eigenvalue weighted by Crippen LogP contribution is 2.08. The predicted molar refractivity (Wildman–Crippen MR) is 387 cm³/mol. The van der Waals surface area contributed by atoms with E-state index in [4.69, 9.17) is 17.2 Å². The number of hydrogen-bond donors (Lipinski definition) is 11. The van der Waals surface area contributed by atoms with Gasteiger partial charge in [-0.3, -0.25) is 14.8 Å². The molecule has 0 aliphatic carbocycles. The van der Waals surface area contributed by atoms with Crippen LogP contribution in [0.4, 0.5) is 11.8 Å². The van der Waals surface area contributed by atoms with Crippen molar-refractivity contribution < 1.29 is 0 Å². The first-order valence-corrected chi connectivity index (χ1v) is 31.1. The van der Waals surface area contributed by atoms with E-state index in [1.165, 1.54) is 34.6 Å². The first kappa shape index (κ1) is 80.9. The number of H-pyrrole nitrogens is 5. The summed E-state index contributed by atoms with van der Waals surface area (Å²) in [6, 6.07) is 29.2. The highest BCUT2D eigenvalue weighted by molar-refractivity contribution is 5.81. The third kappa shape index (κ3) is 39.8. The number of hydrogen-bond acceptors (Lipinski definition) is 26. The molecule has 0 bridgehead atoms. The zero-order valence-electron chi connectivity index (χ0n) is 58.7. The van der Waals surface area contributed by atoms with Gasteiger partial charge in [-0.15, -0.1) is 15.3 Å². The molecule has 0 amide bonds. The average Bonchev–Trinajstić information content (AvgIpc) is 2.04. The second-order valence-electron chi connectivity index (χ2n) is 21.2. The molecule has 0 saturated heterocycles. The summed E-state index contributed by atoms with van der Waals surface area (Å²) >= 11 is 0. The molecule has 2 aromatic carbocycles. The van der Waals surface area contributed by atoms with Gasteiger partial charge < -0.3 is 57.6 Å². The Hall–Kier alpha value is -12.4. The first-order chi connectivity index (χ1) is 47.7. The number of nitrogens with two attached hydrogens (primary N) is 3. The second kappa shape index (κ2) is 49.2. The molecular weight excluding hydrogens is 1250 g/mol. The number of aryl methyl sites for hydroxylation is 12. The fourth-order valence-electron chi connectivity index (χ4n) is 7.03. The Morgan fingerprint density at radius 3 is 1.66 bits per heavy atom. The number of tetrazole rings is 1. The van der Waals surface area contributed by atoms with Crippen LogP contribution in [0, 0.1) is 76.2 Å². The number of rotatable bonds is 5. The molecule has 0 spiro atoms. The van der Waals surface area contributed by atoms with Crippen LogP contribution in [0.15, 0.2) is 187 Å². The summed E-state index contributed by atoms with van der Waals surface area (Å²) in [6.45, 7) is 27.3. The summed E-state index contributed by atoms with van der Waals surface area (Å²) in [5, 5.41) is 50.4. The Bertz CT molecular complexity index is 3810. The first-order valence-electron chi connectivity index (χ1n) is 31.1. The Balaban J connectivity index is 0.000000285. The molecular formula is C67H95N31O. The normalized spacial score (nSPS) is 10.8. The van der Waals surface area contributed by atoms with Crippen LogP contribution >= 0.6 is 0 Å². The highest BCUT2D eigenvalue weighted by atomic mass is 16.1. The van der Waals surface area contributed by atoms with Crippen molar-refractivity contribution in [3.8, 4) is 0 Å². The predicted octanol–water partition coefficient (Wildman–Crippen LogP) is 6.35. The topological polar surface area (TPSA) is 449 Å². The minimum Gasteiger partial charge on any atom is -0.382 e. The maximum Gasteiger partial charge on any atom is 0.264 e. The van der Waals surface area contributed by atoms with E-state index in [1.807, 2.05) is 97.5 Å². The number of nitrogens with one attached hydrogen (secondary N) is 8. The molecule has 0 unspecified atom stereocenters. The van der Waals surface area contributed by atoms with E-state index in [9.17, 15) is 4.79 Å². The van der Waals surface area contributed by atoms with Gasteiger partial charge in [0.2, 0.25) is 0 Å². The SMILES string of the molecule is Cc1ccc(=O)[nH]n1.Cc1ccc(N)nn1.Cc1ccccc1CNC1=NCCN1.Cc1ccccc1CNC1=NCCN1C.Cc1cccnn1.Cc1ccnnc1.Cc1cnc(N)[nH]1.Cc1cnc[nH]1.Cc1ncc[nH]1.Cc1ncncc1CN.Cc1nn[nH]n1.Cn1ccnc1. The molecule has 0 fully saturated rings. The zero-order valence-corrected chi connectivity index (χ0v) is 58.7. The summed E-state index contributed by atoms with van der Waals surface area (Å²) in [6.07, 6.45) is 22.4. The summed E-state index contributed by atoms with van der Waals surface area (Å²) in [5.74, 6) is 4.53. The standard InChI is InChI=1S/C12H17N3.C11H15N3.C6H9N3.C5H7N3.C5H6N2O.2C5H6N2.C4H7N3.3C4H6N2.C2H4N4/c1-10-5-3-4-6-11(10)9-14-12-13-7-8-15(12)2;1-9-4-2-3-5-10(9)8-14-11-12-6-7-13-11;1-5-6(2-7)3-8-4-9-5;1-4-2-3-5(6)8-7-4;1-4-2-3-5(8)7-6-4;1-5-2-3-6-7-4-5;1-5-3-2-4-6-7-5;1-3-2-6-4(5)7-3;1-4-2-5-3-6-4;1-6-3-2-5-4-6;1-4-5-2-3-6-4;1-2-3-5-6-4-2/h3-6H,7-9H2,1-2H3,(H,13,14);2-5H,6-8H2,1H3,(H2,12,13,14);3-4H,2,7H2,1H3;2-3H,1H3,(H2,6,8);2-3H,1H3,(H,7,8);2*2-4H,1H3;2H,1H3,(H3,5,6,7);2-3H,1H3,(H,5,6);2-4H,1H3;2-3H,1H3,(H,5,6);1H3,(H,3,4,5,6). The highest BCUT2D eigenvalue weighted by Gasteiger charge is 2.11. The summed E-state index contributed by atoms with van der Waals surface area (Å²) in [5.41, 5.74) is 28.9. The Morgan fingerprint density at radius 1 is 0.586 bits per heavy atom. The largest absolute Gasteiger partial charge is 0.382 e. The molecule has 99 heavy (non-hydrogen) atoms. The van der Waals surface area contributed by atoms with Gasteiger partial charge in [-0.25, -0.2) is 35.0 Å². The molecule has 32 heteroatoms. The number of aromatic nitrogens is 22. The molecule has 2 aliphatic heterocycles. The quantitative estimate of drug-likeness (QED) is 0.0893. The van der Waals surface area contributed by atoms with Crippen molar-refractivity contribution in [3.05, 3.63) is 261 Å². The average molecular weight is 1350 g/mol. The van der Waals surface area contributed by atoms with Crippen LogP contribution in [0.2, 0.25) is 0 Å². The number of anilines is 2. The zero-order chi connectivity index (χ0) is 72.3. The third-order valence-electron chi connectivity index (χ3n) is 12.5. The molecule has 0 atom stereocenters. The molecule has 12 aromatic rings. The number of benzene rings is 2. The second-order valence-corrected chi connectivity index (χ2v) is 21.2. The van der Waals surface area contributed by atoms with Crippen LogP contribution < -0.4 is 38.7 Å². The van der Waals surface area contributed by atoms with Crippen molar-refractivity contribution >= 4 is 23.7 Å². The fraction of sp³-hybridized carbons (Fsp3) is 0.299. The van der Waals surface area contributed by atoms with E-state index < -0.39 is 0 Å². The van der Waals surface area contributed by atoms with Crippen molar-refractivity contribution in [2.24, 2.45) is 22.8 Å². The van der Waals surface area contributed by atoms with E-state index in [-0.39, 0.29) is 5.56 Å². The van der Waals surface area contributed by atoms with E-state index in [0.29, 0.717) is 24.1 Å². The van der Waals surface area contributed by atoms with Gasteiger partial charge in [0.25, 0.3) is 5.56 Å². The number of likely N-dealkylation sites (N-methyl/N-ethyl adjacent to an activating group) is 1. The van der Waals surface area contributed by atoms with Crippen molar-refractivity contribution in [2.75, 3.05) is 44.7 Å². The molecule has 12 heterocycles. The molecule has 0 saturated carbocycles.